The molecule has 1 saturated heterocycles. The first kappa shape index (κ1) is 13.7. The molecule has 0 radical (unpaired) electrons. The van der Waals surface area contributed by atoms with Crippen molar-refractivity contribution < 1.29 is 4.79 Å². The standard InChI is InChI=1S/C12H10Cl2N4OS/c13-7-1-2-9(8(14)5-7)18-4-3-10(11(18)19)20-12-15-6-16-17-12/h1-2,5-6,10H,3-4H2,(H,15,16,17)/t10-/m0/s1. The van der Waals surface area contributed by atoms with Crippen LogP contribution in [0.15, 0.2) is 29.7 Å². The number of nitrogens with one attached hydrogen (secondary N) is 1. The third-order valence-electron chi connectivity index (χ3n) is 3.00. The molecule has 104 valence electrons. The Morgan fingerprint density at radius 3 is 2.95 bits per heavy atom. The molecule has 1 aromatic carbocycles. The largest absolute Gasteiger partial charge is 0.310 e. The van der Waals surface area contributed by atoms with E-state index in [0.29, 0.717) is 27.4 Å². The van der Waals surface area contributed by atoms with E-state index < -0.39 is 0 Å². The lowest BCUT2D eigenvalue weighted by atomic mass is 10.3. The quantitative estimate of drug-likeness (QED) is 0.940. The number of aromatic amines is 1. The fourth-order valence-corrected chi connectivity index (χ4v) is 3.53. The van der Waals surface area contributed by atoms with Gasteiger partial charge >= 0.3 is 0 Å². The normalized spacial score (nSPS) is 18.8. The molecular formula is C12H10Cl2N4OS. The minimum absolute atomic E-state index is 0.0237. The van der Waals surface area contributed by atoms with Gasteiger partial charge in [-0.05, 0) is 24.6 Å². The van der Waals surface area contributed by atoms with E-state index >= 15 is 0 Å². The van der Waals surface area contributed by atoms with Gasteiger partial charge in [-0.15, -0.1) is 0 Å². The highest BCUT2D eigenvalue weighted by Gasteiger charge is 2.34. The predicted molar refractivity (Wildman–Crippen MR) is 79.5 cm³/mol. The highest BCUT2D eigenvalue weighted by atomic mass is 35.5. The van der Waals surface area contributed by atoms with Gasteiger partial charge < -0.3 is 4.90 Å². The lowest BCUT2D eigenvalue weighted by molar-refractivity contribution is -0.116. The molecule has 20 heavy (non-hydrogen) atoms. The third kappa shape index (κ3) is 2.63. The van der Waals surface area contributed by atoms with Crippen LogP contribution in [0, 0.1) is 0 Å². The second kappa shape index (κ2) is 5.63. The molecular weight excluding hydrogens is 319 g/mol. The van der Waals surface area contributed by atoms with Gasteiger partial charge in [-0.1, -0.05) is 35.0 Å². The Morgan fingerprint density at radius 1 is 1.40 bits per heavy atom. The van der Waals surface area contributed by atoms with Crippen LogP contribution in [0.2, 0.25) is 10.0 Å². The Bertz CT molecular complexity index is 634. The van der Waals surface area contributed by atoms with Gasteiger partial charge in [0.15, 0.2) is 5.16 Å². The van der Waals surface area contributed by atoms with Crippen LogP contribution in [0.3, 0.4) is 0 Å². The summed E-state index contributed by atoms with van der Waals surface area (Å²) in [5.74, 6) is 0.0237. The maximum atomic E-state index is 12.4. The van der Waals surface area contributed by atoms with E-state index in [1.54, 1.807) is 23.1 Å². The number of amides is 1. The van der Waals surface area contributed by atoms with Crippen LogP contribution >= 0.6 is 35.0 Å². The fraction of sp³-hybridized carbons (Fsp3) is 0.250. The monoisotopic (exact) mass is 328 g/mol. The molecule has 3 rings (SSSR count). The minimum atomic E-state index is -0.172. The molecule has 2 heterocycles. The van der Waals surface area contributed by atoms with E-state index in [1.807, 2.05) is 0 Å². The fourth-order valence-electron chi connectivity index (χ4n) is 2.09. The number of halogens is 2. The summed E-state index contributed by atoms with van der Waals surface area (Å²) >= 11 is 13.4. The highest BCUT2D eigenvalue weighted by Crippen LogP contribution is 2.35. The number of hydrogen-bond acceptors (Lipinski definition) is 4. The van der Waals surface area contributed by atoms with Gasteiger partial charge in [0.25, 0.3) is 0 Å². The van der Waals surface area contributed by atoms with Crippen molar-refractivity contribution in [2.75, 3.05) is 11.4 Å². The van der Waals surface area contributed by atoms with Crippen molar-refractivity contribution in [1.29, 1.82) is 0 Å². The molecule has 1 fully saturated rings. The summed E-state index contributed by atoms with van der Waals surface area (Å²) < 4.78 is 0. The zero-order valence-corrected chi connectivity index (χ0v) is 12.5. The molecule has 1 aliphatic heterocycles. The topological polar surface area (TPSA) is 61.9 Å². The average molecular weight is 329 g/mol. The van der Waals surface area contributed by atoms with Crippen molar-refractivity contribution >= 4 is 46.6 Å². The number of carbonyl (C=O) groups is 1. The van der Waals surface area contributed by atoms with Gasteiger partial charge in [-0.3, -0.25) is 9.89 Å². The summed E-state index contributed by atoms with van der Waals surface area (Å²) in [4.78, 5) is 18.1. The van der Waals surface area contributed by atoms with Crippen molar-refractivity contribution in [1.82, 2.24) is 15.2 Å². The average Bonchev–Trinajstić information content (AvgIpc) is 3.03. The number of benzene rings is 1. The van der Waals surface area contributed by atoms with Gasteiger partial charge in [0.1, 0.15) is 6.33 Å². The number of anilines is 1. The van der Waals surface area contributed by atoms with Crippen molar-refractivity contribution in [3.63, 3.8) is 0 Å². The Hall–Kier alpha value is -1.24. The summed E-state index contributed by atoms with van der Waals surface area (Å²) in [6, 6.07) is 5.14. The molecule has 0 saturated carbocycles. The SMILES string of the molecule is O=C1[C@@H](Sc2ncn[nH]2)CCN1c1ccc(Cl)cc1Cl. The number of aromatic nitrogens is 3. The molecule has 1 atom stereocenters. The number of carbonyl (C=O) groups excluding carboxylic acids is 1. The van der Waals surface area contributed by atoms with Gasteiger partial charge in [0, 0.05) is 11.6 Å². The van der Waals surface area contributed by atoms with Gasteiger partial charge in [-0.25, -0.2) is 4.98 Å². The lowest BCUT2D eigenvalue weighted by Crippen LogP contribution is -2.28. The van der Waals surface area contributed by atoms with Crippen LogP contribution in [0.25, 0.3) is 0 Å². The second-order valence-corrected chi connectivity index (χ2v) is 6.31. The van der Waals surface area contributed by atoms with E-state index in [-0.39, 0.29) is 11.2 Å². The van der Waals surface area contributed by atoms with E-state index in [9.17, 15) is 4.79 Å². The summed E-state index contributed by atoms with van der Waals surface area (Å²) in [6.07, 6.45) is 2.17. The smallest absolute Gasteiger partial charge is 0.240 e. The Balaban J connectivity index is 1.78. The van der Waals surface area contributed by atoms with Crippen molar-refractivity contribution in [3.05, 3.63) is 34.6 Å². The molecule has 1 aromatic heterocycles. The number of thioether (sulfide) groups is 1. The van der Waals surface area contributed by atoms with E-state index in [1.165, 1.54) is 18.1 Å². The van der Waals surface area contributed by atoms with Crippen LogP contribution < -0.4 is 4.90 Å². The number of nitrogens with zero attached hydrogens (tertiary/aromatic N) is 3. The van der Waals surface area contributed by atoms with Crippen molar-refractivity contribution in [3.8, 4) is 0 Å². The summed E-state index contributed by atoms with van der Waals surface area (Å²) in [7, 11) is 0. The van der Waals surface area contributed by atoms with Crippen molar-refractivity contribution in [2.24, 2.45) is 0 Å². The maximum absolute atomic E-state index is 12.4. The molecule has 0 bridgehead atoms. The maximum Gasteiger partial charge on any atom is 0.240 e. The molecule has 1 amide bonds. The van der Waals surface area contributed by atoms with Gasteiger partial charge in [0.05, 0.1) is 16.0 Å². The molecule has 1 aliphatic rings. The summed E-state index contributed by atoms with van der Waals surface area (Å²) in [5.41, 5.74) is 0.696. The predicted octanol–water partition coefficient (Wildman–Crippen LogP) is 3.01. The first-order valence-electron chi connectivity index (χ1n) is 5.93. The van der Waals surface area contributed by atoms with E-state index in [4.69, 9.17) is 23.2 Å². The number of H-pyrrole nitrogens is 1. The molecule has 5 nitrogen and oxygen atoms in total. The van der Waals surface area contributed by atoms with E-state index in [0.717, 1.165) is 6.42 Å². The van der Waals surface area contributed by atoms with Crippen LogP contribution in [0.4, 0.5) is 5.69 Å². The molecule has 0 aliphatic carbocycles. The molecule has 0 spiro atoms. The van der Waals surface area contributed by atoms with E-state index in [2.05, 4.69) is 15.2 Å². The van der Waals surface area contributed by atoms with Gasteiger partial charge in [-0.2, -0.15) is 5.10 Å². The second-order valence-electron chi connectivity index (χ2n) is 4.27. The third-order valence-corrected chi connectivity index (χ3v) is 4.68. The first-order chi connectivity index (χ1) is 9.65. The molecule has 2 aromatic rings. The highest BCUT2D eigenvalue weighted by molar-refractivity contribution is 8.00. The van der Waals surface area contributed by atoms with Crippen LogP contribution in [0.5, 0.6) is 0 Å². The number of hydrogen-bond donors (Lipinski definition) is 1. The zero-order chi connectivity index (χ0) is 14.1. The number of rotatable bonds is 3. The van der Waals surface area contributed by atoms with Gasteiger partial charge in [0.2, 0.25) is 5.91 Å². The Kier molecular flexibility index (Phi) is 3.87. The van der Waals surface area contributed by atoms with Crippen molar-refractivity contribution in [2.45, 2.75) is 16.8 Å². The van der Waals surface area contributed by atoms with Crippen LogP contribution in [0.1, 0.15) is 6.42 Å². The first-order valence-corrected chi connectivity index (χ1v) is 7.57. The Morgan fingerprint density at radius 2 is 2.25 bits per heavy atom. The molecule has 0 unspecified atom stereocenters. The minimum Gasteiger partial charge on any atom is -0.310 e. The summed E-state index contributed by atoms with van der Waals surface area (Å²) in [6.45, 7) is 0.631. The summed E-state index contributed by atoms with van der Waals surface area (Å²) in [5, 5.41) is 8.03. The zero-order valence-electron chi connectivity index (χ0n) is 10.2. The van der Waals surface area contributed by atoms with Crippen LogP contribution in [-0.2, 0) is 4.79 Å². The molecule has 8 heteroatoms. The molecule has 1 N–H and O–H groups in total. The van der Waals surface area contributed by atoms with Crippen LogP contribution in [-0.4, -0.2) is 32.9 Å². The Labute approximate surface area is 129 Å². The lowest BCUT2D eigenvalue weighted by Gasteiger charge is -2.18.